The Morgan fingerprint density at radius 2 is 2.10 bits per heavy atom. The highest BCUT2D eigenvalue weighted by atomic mass is 16.3. The van der Waals surface area contributed by atoms with Crippen LogP contribution in [0.25, 0.3) is 0 Å². The van der Waals surface area contributed by atoms with Crippen LogP contribution in [0.5, 0.6) is 0 Å². The Balaban J connectivity index is 1.66. The van der Waals surface area contributed by atoms with E-state index in [2.05, 4.69) is 9.97 Å². The molecule has 1 amide bonds. The zero-order chi connectivity index (χ0) is 14.8. The van der Waals surface area contributed by atoms with E-state index >= 15 is 0 Å². The molecular weight excluding hydrogens is 266 g/mol. The zero-order valence-corrected chi connectivity index (χ0v) is 12.5. The summed E-state index contributed by atoms with van der Waals surface area (Å²) in [6.45, 7) is 0.381. The van der Waals surface area contributed by atoms with E-state index < -0.39 is 6.10 Å². The maximum absolute atomic E-state index is 12.4. The third kappa shape index (κ3) is 3.40. The number of amides is 1. The minimum Gasteiger partial charge on any atom is -0.391 e. The summed E-state index contributed by atoms with van der Waals surface area (Å²) in [5, 5.41) is 9.96. The Kier molecular flexibility index (Phi) is 4.19. The highest BCUT2D eigenvalue weighted by Crippen LogP contribution is 2.33. The van der Waals surface area contributed by atoms with Gasteiger partial charge in [-0.05, 0) is 37.7 Å². The molecule has 2 aliphatic carbocycles. The second-order valence-corrected chi connectivity index (χ2v) is 6.37. The predicted molar refractivity (Wildman–Crippen MR) is 78.9 cm³/mol. The number of nitrogens with zero attached hydrogens (tertiary/aromatic N) is 3. The highest BCUT2D eigenvalue weighted by Gasteiger charge is 2.31. The van der Waals surface area contributed by atoms with Gasteiger partial charge in [0.1, 0.15) is 11.5 Å². The molecule has 5 nitrogen and oxygen atoms in total. The fourth-order valence-corrected chi connectivity index (χ4v) is 3.06. The standard InChI is InChI=1S/C16H23N3O2/c1-19(10-14(20)11-6-7-11)16(21)13-8-9-17-15(18-13)12-4-2-3-5-12/h8-9,11-12,14,20H,2-7,10H2,1H3. The van der Waals surface area contributed by atoms with Crippen LogP contribution < -0.4 is 0 Å². The van der Waals surface area contributed by atoms with Crippen LogP contribution in [-0.4, -0.2) is 45.6 Å². The van der Waals surface area contributed by atoms with Crippen molar-refractivity contribution in [2.75, 3.05) is 13.6 Å². The molecule has 0 radical (unpaired) electrons. The van der Waals surface area contributed by atoms with Crippen molar-refractivity contribution < 1.29 is 9.90 Å². The Bertz CT molecular complexity index is 510. The van der Waals surface area contributed by atoms with Crippen molar-refractivity contribution in [1.82, 2.24) is 14.9 Å². The number of hydrogen-bond acceptors (Lipinski definition) is 4. The smallest absolute Gasteiger partial charge is 0.272 e. The number of carbonyl (C=O) groups is 1. The molecule has 114 valence electrons. The van der Waals surface area contributed by atoms with Crippen LogP contribution in [0.2, 0.25) is 0 Å². The molecule has 1 aromatic heterocycles. The first-order valence-electron chi connectivity index (χ1n) is 7.91. The van der Waals surface area contributed by atoms with Crippen molar-refractivity contribution in [2.45, 2.75) is 50.5 Å². The van der Waals surface area contributed by atoms with Gasteiger partial charge < -0.3 is 10.0 Å². The summed E-state index contributed by atoms with van der Waals surface area (Å²) < 4.78 is 0. The van der Waals surface area contributed by atoms with Gasteiger partial charge in [0.25, 0.3) is 5.91 Å². The third-order valence-electron chi connectivity index (χ3n) is 4.59. The van der Waals surface area contributed by atoms with Gasteiger partial charge >= 0.3 is 0 Å². The van der Waals surface area contributed by atoms with E-state index in [-0.39, 0.29) is 5.91 Å². The van der Waals surface area contributed by atoms with Crippen molar-refractivity contribution in [3.05, 3.63) is 23.8 Å². The minimum atomic E-state index is -0.407. The Morgan fingerprint density at radius 3 is 2.76 bits per heavy atom. The van der Waals surface area contributed by atoms with Crippen LogP contribution in [0.1, 0.15) is 60.8 Å². The first-order valence-corrected chi connectivity index (χ1v) is 7.91. The molecule has 0 aromatic carbocycles. The fourth-order valence-electron chi connectivity index (χ4n) is 3.06. The summed E-state index contributed by atoms with van der Waals surface area (Å²) in [5.41, 5.74) is 0.442. The molecular formula is C16H23N3O2. The molecule has 1 heterocycles. The van der Waals surface area contributed by atoms with Gasteiger partial charge in [-0.25, -0.2) is 9.97 Å². The Labute approximate surface area is 125 Å². The topological polar surface area (TPSA) is 66.3 Å². The molecule has 2 aliphatic rings. The number of aliphatic hydroxyl groups excluding tert-OH is 1. The van der Waals surface area contributed by atoms with E-state index in [9.17, 15) is 9.90 Å². The summed E-state index contributed by atoms with van der Waals surface area (Å²) in [6, 6.07) is 1.67. The van der Waals surface area contributed by atoms with E-state index in [0.29, 0.717) is 24.1 Å². The van der Waals surface area contributed by atoms with Crippen LogP contribution in [0.4, 0.5) is 0 Å². The molecule has 0 aliphatic heterocycles. The molecule has 1 atom stereocenters. The summed E-state index contributed by atoms with van der Waals surface area (Å²) in [7, 11) is 1.73. The van der Waals surface area contributed by atoms with Crippen molar-refractivity contribution >= 4 is 5.91 Å². The van der Waals surface area contributed by atoms with Crippen molar-refractivity contribution in [3.8, 4) is 0 Å². The molecule has 2 saturated carbocycles. The lowest BCUT2D eigenvalue weighted by atomic mass is 10.1. The minimum absolute atomic E-state index is 0.128. The average molecular weight is 289 g/mol. The van der Waals surface area contributed by atoms with Gasteiger partial charge in [0.2, 0.25) is 0 Å². The number of aromatic nitrogens is 2. The second-order valence-electron chi connectivity index (χ2n) is 6.37. The van der Waals surface area contributed by atoms with Crippen LogP contribution in [-0.2, 0) is 0 Å². The van der Waals surface area contributed by atoms with E-state index in [1.54, 1.807) is 24.2 Å². The van der Waals surface area contributed by atoms with E-state index in [0.717, 1.165) is 31.5 Å². The maximum Gasteiger partial charge on any atom is 0.272 e. The lowest BCUT2D eigenvalue weighted by Crippen LogP contribution is -2.35. The molecule has 0 spiro atoms. The third-order valence-corrected chi connectivity index (χ3v) is 4.59. The first-order chi connectivity index (χ1) is 10.1. The van der Waals surface area contributed by atoms with Gasteiger partial charge in [-0.15, -0.1) is 0 Å². The maximum atomic E-state index is 12.4. The van der Waals surface area contributed by atoms with Gasteiger partial charge in [0.05, 0.1) is 6.10 Å². The van der Waals surface area contributed by atoms with Crippen molar-refractivity contribution in [1.29, 1.82) is 0 Å². The monoisotopic (exact) mass is 289 g/mol. The van der Waals surface area contributed by atoms with Crippen molar-refractivity contribution in [2.24, 2.45) is 5.92 Å². The highest BCUT2D eigenvalue weighted by molar-refractivity contribution is 5.92. The van der Waals surface area contributed by atoms with Gasteiger partial charge in [0.15, 0.2) is 0 Å². The van der Waals surface area contributed by atoms with Gasteiger partial charge in [0, 0.05) is 25.7 Å². The molecule has 0 saturated heterocycles. The molecule has 3 rings (SSSR count). The molecule has 21 heavy (non-hydrogen) atoms. The van der Waals surface area contributed by atoms with Crippen LogP contribution in [0.3, 0.4) is 0 Å². The van der Waals surface area contributed by atoms with Gasteiger partial charge in [-0.1, -0.05) is 12.8 Å². The van der Waals surface area contributed by atoms with Crippen molar-refractivity contribution in [3.63, 3.8) is 0 Å². The largest absolute Gasteiger partial charge is 0.391 e. The number of aliphatic hydroxyl groups is 1. The van der Waals surface area contributed by atoms with Crippen LogP contribution in [0.15, 0.2) is 12.3 Å². The molecule has 1 unspecified atom stereocenters. The molecule has 1 N–H and O–H groups in total. The molecule has 1 aromatic rings. The SMILES string of the molecule is CN(CC(O)C1CC1)C(=O)c1ccnc(C2CCCC2)n1. The van der Waals surface area contributed by atoms with Gasteiger partial charge in [-0.3, -0.25) is 4.79 Å². The lowest BCUT2D eigenvalue weighted by Gasteiger charge is -2.20. The normalized spacial score (nSPS) is 20.5. The van der Waals surface area contributed by atoms with Gasteiger partial charge in [-0.2, -0.15) is 0 Å². The number of hydrogen-bond donors (Lipinski definition) is 1. The second kappa shape index (κ2) is 6.10. The molecule has 0 bridgehead atoms. The first kappa shape index (κ1) is 14.4. The summed E-state index contributed by atoms with van der Waals surface area (Å²) in [5.74, 6) is 1.45. The van der Waals surface area contributed by atoms with Crippen LogP contribution >= 0.6 is 0 Å². The summed E-state index contributed by atoms with van der Waals surface area (Å²) in [6.07, 6.45) is 8.10. The Hall–Kier alpha value is -1.49. The number of rotatable bonds is 5. The summed E-state index contributed by atoms with van der Waals surface area (Å²) in [4.78, 5) is 22.8. The fraction of sp³-hybridized carbons (Fsp3) is 0.688. The predicted octanol–water partition coefficient (Wildman–Crippen LogP) is 1.98. The van der Waals surface area contributed by atoms with E-state index in [1.807, 2.05) is 0 Å². The Morgan fingerprint density at radius 1 is 1.38 bits per heavy atom. The summed E-state index contributed by atoms with van der Waals surface area (Å²) >= 11 is 0. The average Bonchev–Trinajstić information content (AvgIpc) is 3.21. The lowest BCUT2D eigenvalue weighted by molar-refractivity contribution is 0.0639. The molecule has 5 heteroatoms. The zero-order valence-electron chi connectivity index (χ0n) is 12.5. The quantitative estimate of drug-likeness (QED) is 0.900. The molecule has 2 fully saturated rings. The van der Waals surface area contributed by atoms with E-state index in [4.69, 9.17) is 0 Å². The number of likely N-dealkylation sites (N-methyl/N-ethyl adjacent to an activating group) is 1. The van der Waals surface area contributed by atoms with Crippen LogP contribution in [0, 0.1) is 5.92 Å². The number of carbonyl (C=O) groups excluding carboxylic acids is 1. The van der Waals surface area contributed by atoms with E-state index in [1.165, 1.54) is 12.8 Å².